The highest BCUT2D eigenvalue weighted by Gasteiger charge is 2.11. The number of hydrogen-bond acceptors (Lipinski definition) is 6. The van der Waals surface area contributed by atoms with Crippen LogP contribution in [0.15, 0.2) is 66.8 Å². The monoisotopic (exact) mass is 431 g/mol. The number of nitro benzene ring substituents is 1. The number of alkyl halides is 1. The van der Waals surface area contributed by atoms with E-state index in [2.05, 4.69) is 21.5 Å². The molecule has 0 fully saturated rings. The van der Waals surface area contributed by atoms with Crippen molar-refractivity contribution >= 4 is 28.6 Å². The zero-order valence-electron chi connectivity index (χ0n) is 17.4. The van der Waals surface area contributed by atoms with E-state index >= 15 is 0 Å². The molecule has 0 unspecified atom stereocenters. The van der Waals surface area contributed by atoms with Crippen LogP contribution in [-0.4, -0.2) is 31.1 Å². The third kappa shape index (κ3) is 7.40. The second-order valence-electron chi connectivity index (χ2n) is 5.47. The Morgan fingerprint density at radius 1 is 1.23 bits per heavy atom. The molecular weight excluding hydrogens is 405 g/mol. The van der Waals surface area contributed by atoms with Crippen LogP contribution in [0.25, 0.3) is 11.2 Å². The molecule has 30 heavy (non-hydrogen) atoms. The second kappa shape index (κ2) is 14.0. The smallest absolute Gasteiger partial charge is 0.269 e. The Bertz CT molecular complexity index is 958. The molecule has 160 valence electrons. The zero-order valence-corrected chi connectivity index (χ0v) is 18.2. The van der Waals surface area contributed by atoms with Gasteiger partial charge in [0.05, 0.1) is 11.3 Å². The number of fused-ring (bicyclic) bond motifs is 1. The number of aromatic nitrogens is 4. The fourth-order valence-corrected chi connectivity index (χ4v) is 3.08. The number of non-ortho nitro benzene ring substituents is 1. The number of nitrogens with zero attached hydrogens (tertiary/aromatic N) is 5. The van der Waals surface area contributed by atoms with Gasteiger partial charge in [-0.15, -0.1) is 6.58 Å². The highest BCUT2D eigenvalue weighted by Crippen LogP contribution is 2.27. The first-order valence-electron chi connectivity index (χ1n) is 9.40. The standard InChI is InChI=1S/C16H15N5O2S.C3H5F.C2H6/c1-2-3-8-20-11-19-14-15(20)17-10-18-16(14)24-9-12-4-6-13(7-5-12)21(22)23;1-2-3-4;1-2/h2-7,10-11H,8-9H2,1H3;2H,1,3H2;1-2H3/b3-2+;;. The Balaban J connectivity index is 0.000000673. The van der Waals surface area contributed by atoms with Gasteiger partial charge < -0.3 is 4.57 Å². The van der Waals surface area contributed by atoms with Crippen molar-refractivity contribution in [2.24, 2.45) is 0 Å². The number of nitro groups is 1. The molecule has 2 heterocycles. The molecule has 0 aliphatic rings. The van der Waals surface area contributed by atoms with Gasteiger partial charge in [-0.3, -0.25) is 10.1 Å². The van der Waals surface area contributed by atoms with E-state index in [1.165, 1.54) is 36.3 Å². The number of benzene rings is 1. The van der Waals surface area contributed by atoms with Gasteiger partial charge in [-0.25, -0.2) is 19.3 Å². The van der Waals surface area contributed by atoms with Gasteiger partial charge in [0.15, 0.2) is 5.65 Å². The Kier molecular flexibility index (Phi) is 11.7. The summed E-state index contributed by atoms with van der Waals surface area (Å²) < 4.78 is 12.6. The van der Waals surface area contributed by atoms with Crippen LogP contribution in [0.3, 0.4) is 0 Å². The lowest BCUT2D eigenvalue weighted by Crippen LogP contribution is -1.95. The largest absolute Gasteiger partial charge is 0.311 e. The summed E-state index contributed by atoms with van der Waals surface area (Å²) in [5.41, 5.74) is 2.66. The fraction of sp³-hybridized carbons (Fsp3) is 0.286. The van der Waals surface area contributed by atoms with Gasteiger partial charge in [0.1, 0.15) is 23.5 Å². The highest BCUT2D eigenvalue weighted by atomic mass is 32.2. The molecule has 0 bridgehead atoms. The molecule has 0 saturated carbocycles. The Hall–Kier alpha value is -3.07. The summed E-state index contributed by atoms with van der Waals surface area (Å²) in [7, 11) is 0. The van der Waals surface area contributed by atoms with Gasteiger partial charge in [-0.2, -0.15) is 0 Å². The van der Waals surface area contributed by atoms with Crippen molar-refractivity contribution in [3.63, 3.8) is 0 Å². The molecular formula is C21H26FN5O2S. The molecule has 1 aromatic carbocycles. The molecule has 0 N–H and O–H groups in total. The predicted molar refractivity (Wildman–Crippen MR) is 120 cm³/mol. The minimum absolute atomic E-state index is 0.0934. The first-order valence-corrected chi connectivity index (χ1v) is 10.4. The number of halogens is 1. The average molecular weight is 432 g/mol. The SMILES string of the molecule is C/C=C/Cn1cnc2c(SCc3ccc([N+](=O)[O-])cc3)ncnc21.C=CCF.CC. The minimum Gasteiger partial charge on any atom is -0.311 e. The second-order valence-corrected chi connectivity index (χ2v) is 6.44. The Labute approximate surface area is 179 Å². The van der Waals surface area contributed by atoms with Crippen LogP contribution in [-0.2, 0) is 12.3 Å². The van der Waals surface area contributed by atoms with Crippen LogP contribution in [0.1, 0.15) is 26.3 Å². The van der Waals surface area contributed by atoms with Crippen LogP contribution < -0.4 is 0 Å². The van der Waals surface area contributed by atoms with Crippen LogP contribution in [0.2, 0.25) is 0 Å². The molecule has 9 heteroatoms. The highest BCUT2D eigenvalue weighted by molar-refractivity contribution is 7.98. The van der Waals surface area contributed by atoms with Crippen molar-refractivity contribution in [3.05, 3.63) is 77.4 Å². The fourth-order valence-electron chi connectivity index (χ4n) is 2.18. The third-order valence-electron chi connectivity index (χ3n) is 3.54. The maximum absolute atomic E-state index is 10.7. The summed E-state index contributed by atoms with van der Waals surface area (Å²) >= 11 is 1.54. The normalized spacial score (nSPS) is 10.1. The summed E-state index contributed by atoms with van der Waals surface area (Å²) in [6, 6.07) is 6.54. The molecule has 2 aromatic heterocycles. The van der Waals surface area contributed by atoms with Crippen molar-refractivity contribution in [3.8, 4) is 0 Å². The molecule has 0 atom stereocenters. The first kappa shape index (κ1) is 25.0. The van der Waals surface area contributed by atoms with Crippen LogP contribution in [0, 0.1) is 10.1 Å². The van der Waals surface area contributed by atoms with E-state index in [1.54, 1.807) is 18.5 Å². The van der Waals surface area contributed by atoms with E-state index in [9.17, 15) is 14.5 Å². The maximum atomic E-state index is 10.7. The Morgan fingerprint density at radius 3 is 2.47 bits per heavy atom. The van der Waals surface area contributed by atoms with Crippen molar-refractivity contribution in [2.45, 2.75) is 38.1 Å². The molecule has 3 rings (SSSR count). The summed E-state index contributed by atoms with van der Waals surface area (Å²) in [5, 5.41) is 11.5. The minimum atomic E-state index is -0.417. The molecule has 0 saturated heterocycles. The number of thioether (sulfide) groups is 1. The number of rotatable bonds is 7. The van der Waals surface area contributed by atoms with E-state index in [0.29, 0.717) is 5.75 Å². The summed E-state index contributed by atoms with van der Waals surface area (Å²) in [6.45, 7) is 9.38. The van der Waals surface area contributed by atoms with Crippen molar-refractivity contribution in [1.82, 2.24) is 19.5 Å². The lowest BCUT2D eigenvalue weighted by molar-refractivity contribution is -0.384. The zero-order chi connectivity index (χ0) is 22.4. The third-order valence-corrected chi connectivity index (χ3v) is 4.59. The summed E-state index contributed by atoms with van der Waals surface area (Å²) in [4.78, 5) is 23.3. The first-order chi connectivity index (χ1) is 14.6. The molecule has 7 nitrogen and oxygen atoms in total. The summed E-state index contributed by atoms with van der Waals surface area (Å²) in [6.07, 6.45) is 8.52. The van der Waals surface area contributed by atoms with Crippen LogP contribution in [0.4, 0.5) is 10.1 Å². The maximum Gasteiger partial charge on any atom is 0.269 e. The molecule has 0 aliphatic heterocycles. The van der Waals surface area contributed by atoms with E-state index in [0.717, 1.165) is 28.3 Å². The molecule has 0 spiro atoms. The lowest BCUT2D eigenvalue weighted by atomic mass is 10.2. The van der Waals surface area contributed by atoms with Gasteiger partial charge >= 0.3 is 0 Å². The van der Waals surface area contributed by atoms with Crippen LogP contribution >= 0.6 is 11.8 Å². The molecule has 0 aliphatic carbocycles. The van der Waals surface area contributed by atoms with Crippen molar-refractivity contribution in [1.29, 1.82) is 0 Å². The average Bonchev–Trinajstić information content (AvgIpc) is 3.21. The van der Waals surface area contributed by atoms with E-state index in [4.69, 9.17) is 0 Å². The van der Waals surface area contributed by atoms with Crippen molar-refractivity contribution < 1.29 is 9.31 Å². The van der Waals surface area contributed by atoms with Crippen LogP contribution in [0.5, 0.6) is 0 Å². The van der Waals surface area contributed by atoms with Gasteiger partial charge in [-0.05, 0) is 12.5 Å². The van der Waals surface area contributed by atoms with E-state index in [1.807, 2.05) is 37.5 Å². The predicted octanol–water partition coefficient (Wildman–Crippen LogP) is 5.77. The molecule has 3 aromatic rings. The van der Waals surface area contributed by atoms with Gasteiger partial charge in [0.2, 0.25) is 0 Å². The topological polar surface area (TPSA) is 86.7 Å². The molecule has 0 amide bonds. The van der Waals surface area contributed by atoms with E-state index in [-0.39, 0.29) is 5.69 Å². The number of hydrogen-bond donors (Lipinski definition) is 0. The van der Waals surface area contributed by atoms with Crippen molar-refractivity contribution in [2.75, 3.05) is 6.67 Å². The van der Waals surface area contributed by atoms with Gasteiger partial charge in [0, 0.05) is 24.4 Å². The van der Waals surface area contributed by atoms with Gasteiger partial charge in [0.25, 0.3) is 5.69 Å². The summed E-state index contributed by atoms with van der Waals surface area (Å²) in [5.74, 6) is 0.659. The lowest BCUT2D eigenvalue weighted by Gasteiger charge is -2.03. The van der Waals surface area contributed by atoms with E-state index < -0.39 is 11.6 Å². The molecule has 0 radical (unpaired) electrons. The number of imidazole rings is 1. The quantitative estimate of drug-likeness (QED) is 0.155. The van der Waals surface area contributed by atoms with Gasteiger partial charge in [-0.1, -0.05) is 56.0 Å². The Morgan fingerprint density at radius 2 is 1.90 bits per heavy atom. The number of allylic oxidation sites excluding steroid dienone is 3.